The van der Waals surface area contributed by atoms with Crippen LogP contribution in [0.3, 0.4) is 0 Å². The van der Waals surface area contributed by atoms with Gasteiger partial charge in [-0.3, -0.25) is 4.79 Å². The summed E-state index contributed by atoms with van der Waals surface area (Å²) >= 11 is 0. The molecule has 0 radical (unpaired) electrons. The number of aryl methyl sites for hydroxylation is 1. The fraction of sp³-hybridized carbons (Fsp3) is 0.500. The van der Waals surface area contributed by atoms with Gasteiger partial charge in [-0.1, -0.05) is 25.3 Å². The second-order valence-electron chi connectivity index (χ2n) is 6.31. The predicted molar refractivity (Wildman–Crippen MR) is 87.3 cm³/mol. The third-order valence-corrected chi connectivity index (χ3v) is 4.31. The number of hydrogen-bond acceptors (Lipinski definition) is 5. The van der Waals surface area contributed by atoms with E-state index in [2.05, 4.69) is 11.4 Å². The van der Waals surface area contributed by atoms with Crippen LogP contribution in [0.15, 0.2) is 18.2 Å². The van der Waals surface area contributed by atoms with Gasteiger partial charge in [0.15, 0.2) is 6.10 Å². The lowest BCUT2D eigenvalue weighted by atomic mass is 9.83. The minimum Gasteiger partial charge on any atom is -0.507 e. The molecule has 0 bridgehead atoms. The van der Waals surface area contributed by atoms with Gasteiger partial charge in [-0.2, -0.15) is 5.26 Å². The highest BCUT2D eigenvalue weighted by atomic mass is 16.5. The first kappa shape index (κ1) is 17.8. The van der Waals surface area contributed by atoms with Crippen LogP contribution < -0.4 is 5.32 Å². The Bertz CT molecular complexity index is 672. The number of aromatic hydroxyl groups is 1. The van der Waals surface area contributed by atoms with Gasteiger partial charge in [-0.15, -0.1) is 0 Å². The third-order valence-electron chi connectivity index (χ3n) is 4.31. The molecule has 0 unspecified atom stereocenters. The molecule has 0 aromatic heterocycles. The number of carbonyl (C=O) groups is 2. The zero-order chi connectivity index (χ0) is 17.7. The second-order valence-corrected chi connectivity index (χ2v) is 6.31. The standard InChI is InChI=1S/C18H22N2O4/c1-12-6-7-14(15(21)10-12)17(23)24-13(2)16(22)20-18(11-19)8-4-3-5-9-18/h6-7,10,13,21H,3-5,8-9H2,1-2H3,(H,20,22)/t13-/m1/s1. The van der Waals surface area contributed by atoms with Gasteiger partial charge in [0, 0.05) is 0 Å². The Morgan fingerprint density at radius 2 is 2.00 bits per heavy atom. The van der Waals surface area contributed by atoms with Gasteiger partial charge in [0.25, 0.3) is 5.91 Å². The number of rotatable bonds is 4. The molecule has 2 N–H and O–H groups in total. The van der Waals surface area contributed by atoms with Crippen LogP contribution in [0.1, 0.15) is 54.9 Å². The van der Waals surface area contributed by atoms with Gasteiger partial charge in [-0.05, 0) is 44.4 Å². The monoisotopic (exact) mass is 330 g/mol. The summed E-state index contributed by atoms with van der Waals surface area (Å²) in [6, 6.07) is 6.77. The van der Waals surface area contributed by atoms with E-state index in [0.717, 1.165) is 24.8 Å². The van der Waals surface area contributed by atoms with Crippen molar-refractivity contribution < 1.29 is 19.4 Å². The van der Waals surface area contributed by atoms with Crippen LogP contribution in [0.5, 0.6) is 5.75 Å². The maximum Gasteiger partial charge on any atom is 0.342 e. The van der Waals surface area contributed by atoms with Crippen molar-refractivity contribution in [2.75, 3.05) is 0 Å². The number of hydrogen-bond donors (Lipinski definition) is 2. The number of amides is 1. The van der Waals surface area contributed by atoms with E-state index in [1.165, 1.54) is 19.1 Å². The molecule has 1 aromatic carbocycles. The first-order valence-corrected chi connectivity index (χ1v) is 8.11. The highest BCUT2D eigenvalue weighted by Gasteiger charge is 2.35. The molecular formula is C18H22N2O4. The molecule has 1 amide bonds. The number of esters is 1. The van der Waals surface area contributed by atoms with E-state index >= 15 is 0 Å². The third kappa shape index (κ3) is 4.05. The summed E-state index contributed by atoms with van der Waals surface area (Å²) in [4.78, 5) is 24.4. The number of phenols is 1. The number of nitriles is 1. The van der Waals surface area contributed by atoms with Crippen molar-refractivity contribution in [2.24, 2.45) is 0 Å². The average Bonchev–Trinajstić information content (AvgIpc) is 2.55. The van der Waals surface area contributed by atoms with Crippen molar-refractivity contribution in [2.45, 2.75) is 57.6 Å². The Morgan fingerprint density at radius 1 is 1.33 bits per heavy atom. The summed E-state index contributed by atoms with van der Waals surface area (Å²) in [7, 11) is 0. The summed E-state index contributed by atoms with van der Waals surface area (Å²) in [6.07, 6.45) is 2.99. The largest absolute Gasteiger partial charge is 0.507 e. The Balaban J connectivity index is 2.00. The summed E-state index contributed by atoms with van der Waals surface area (Å²) in [5, 5.41) is 21.9. The number of carbonyl (C=O) groups excluding carboxylic acids is 2. The smallest absolute Gasteiger partial charge is 0.342 e. The molecule has 1 fully saturated rings. The lowest BCUT2D eigenvalue weighted by molar-refractivity contribution is -0.130. The fourth-order valence-corrected chi connectivity index (χ4v) is 2.85. The molecule has 0 heterocycles. The summed E-state index contributed by atoms with van der Waals surface area (Å²) in [5.74, 6) is -1.46. The summed E-state index contributed by atoms with van der Waals surface area (Å²) in [5.41, 5.74) is -0.0573. The lowest BCUT2D eigenvalue weighted by Gasteiger charge is -2.32. The molecule has 1 atom stereocenters. The molecule has 1 aliphatic carbocycles. The van der Waals surface area contributed by atoms with E-state index in [1.54, 1.807) is 13.0 Å². The van der Waals surface area contributed by atoms with Gasteiger partial charge >= 0.3 is 5.97 Å². The first-order valence-electron chi connectivity index (χ1n) is 8.11. The van der Waals surface area contributed by atoms with Crippen molar-refractivity contribution in [3.63, 3.8) is 0 Å². The van der Waals surface area contributed by atoms with Crippen LogP contribution in [0.2, 0.25) is 0 Å². The highest BCUT2D eigenvalue weighted by molar-refractivity contribution is 5.94. The highest BCUT2D eigenvalue weighted by Crippen LogP contribution is 2.27. The molecule has 1 saturated carbocycles. The van der Waals surface area contributed by atoms with Crippen LogP contribution in [0, 0.1) is 18.3 Å². The maximum absolute atomic E-state index is 12.3. The quantitative estimate of drug-likeness (QED) is 0.827. The number of nitrogens with one attached hydrogen (secondary N) is 1. The van der Waals surface area contributed by atoms with E-state index in [1.807, 2.05) is 0 Å². The molecule has 0 saturated heterocycles. The molecule has 128 valence electrons. The number of nitrogens with zero attached hydrogens (tertiary/aromatic N) is 1. The SMILES string of the molecule is Cc1ccc(C(=O)O[C@H](C)C(=O)NC2(C#N)CCCCC2)c(O)c1. The lowest BCUT2D eigenvalue weighted by Crippen LogP contribution is -2.52. The van der Waals surface area contributed by atoms with Crippen LogP contribution >= 0.6 is 0 Å². The molecule has 0 spiro atoms. The molecular weight excluding hydrogens is 308 g/mol. The molecule has 0 aliphatic heterocycles. The van der Waals surface area contributed by atoms with Crippen LogP contribution in [0.25, 0.3) is 0 Å². The van der Waals surface area contributed by atoms with Gasteiger partial charge in [0.05, 0.1) is 6.07 Å². The molecule has 1 aliphatic rings. The van der Waals surface area contributed by atoms with Crippen molar-refractivity contribution in [3.05, 3.63) is 29.3 Å². The number of benzene rings is 1. The van der Waals surface area contributed by atoms with E-state index < -0.39 is 23.5 Å². The van der Waals surface area contributed by atoms with Crippen LogP contribution in [-0.2, 0) is 9.53 Å². The molecule has 1 aromatic rings. The van der Waals surface area contributed by atoms with Crippen LogP contribution in [0.4, 0.5) is 0 Å². The van der Waals surface area contributed by atoms with Crippen LogP contribution in [-0.4, -0.2) is 28.6 Å². The second kappa shape index (κ2) is 7.35. The Morgan fingerprint density at radius 3 is 2.58 bits per heavy atom. The minimum atomic E-state index is -1.05. The van der Waals surface area contributed by atoms with Gasteiger partial charge in [0.2, 0.25) is 0 Å². The number of ether oxygens (including phenoxy) is 1. The summed E-state index contributed by atoms with van der Waals surface area (Å²) < 4.78 is 5.13. The molecule has 2 rings (SSSR count). The van der Waals surface area contributed by atoms with E-state index in [4.69, 9.17) is 4.74 Å². The minimum absolute atomic E-state index is 0.00733. The van der Waals surface area contributed by atoms with Crippen molar-refractivity contribution >= 4 is 11.9 Å². The van der Waals surface area contributed by atoms with Crippen molar-refractivity contribution in [1.82, 2.24) is 5.32 Å². The number of phenolic OH excluding ortho intramolecular Hbond substituents is 1. The topological polar surface area (TPSA) is 99.4 Å². The van der Waals surface area contributed by atoms with Gasteiger partial charge in [-0.25, -0.2) is 4.79 Å². The van der Waals surface area contributed by atoms with Crippen molar-refractivity contribution in [1.29, 1.82) is 5.26 Å². The zero-order valence-corrected chi connectivity index (χ0v) is 14.0. The summed E-state index contributed by atoms with van der Waals surface area (Å²) in [6.45, 7) is 3.24. The zero-order valence-electron chi connectivity index (χ0n) is 14.0. The van der Waals surface area contributed by atoms with E-state index in [9.17, 15) is 20.0 Å². The van der Waals surface area contributed by atoms with Gasteiger partial charge in [0.1, 0.15) is 16.9 Å². The molecule has 6 nitrogen and oxygen atoms in total. The van der Waals surface area contributed by atoms with Gasteiger partial charge < -0.3 is 15.2 Å². The maximum atomic E-state index is 12.3. The Kier molecular flexibility index (Phi) is 5.45. The van der Waals surface area contributed by atoms with Crippen molar-refractivity contribution in [3.8, 4) is 11.8 Å². The average molecular weight is 330 g/mol. The van der Waals surface area contributed by atoms with E-state index in [-0.39, 0.29) is 11.3 Å². The predicted octanol–water partition coefficient (Wildman–Crippen LogP) is 2.59. The molecule has 6 heteroatoms. The normalized spacial score (nSPS) is 17.4. The first-order chi connectivity index (χ1) is 11.4. The molecule has 24 heavy (non-hydrogen) atoms. The fourth-order valence-electron chi connectivity index (χ4n) is 2.85. The Hall–Kier alpha value is -2.55. The van der Waals surface area contributed by atoms with E-state index in [0.29, 0.717) is 12.8 Å². The Labute approximate surface area is 141 Å².